The van der Waals surface area contributed by atoms with Crippen molar-refractivity contribution < 1.29 is 77.4 Å². The van der Waals surface area contributed by atoms with Gasteiger partial charge in [-0.2, -0.15) is 0 Å². The molecule has 76 heavy (non-hydrogen) atoms. The normalized spacial score (nSPS) is 39.5. The number of benzene rings is 1. The van der Waals surface area contributed by atoms with Crippen LogP contribution in [0, 0.1) is 17.8 Å². The SMILES string of the molecule is CC[C@H]1OC(=O)[C@H](C)[C@@H](O[C@H]2C[C@@](C)(OC)[C@@H](O)[C@H](C)O2)[C@H](C)[C@@H](O[C@@H]2O[C@H](C)C[C@H](N(C)CCc3cn([C@H](CF)[C@H](OC)c4ccc(N5CCOC5=O)cc4)nn3)[C@H]2O)[C@](C)(O)C[C@@H](C)CN(C)[C@H](C)[C@@H](O)[C@]1(C)O. The molecule has 20 atom stereocenters. The molecule has 432 valence electrons. The lowest BCUT2D eigenvalue weighted by Gasteiger charge is -2.49. The minimum Gasteiger partial charge on any atom is -0.459 e. The first-order chi connectivity index (χ1) is 35.7. The molecule has 4 aliphatic rings. The van der Waals surface area contributed by atoms with Crippen molar-refractivity contribution in [2.45, 2.75) is 204 Å². The van der Waals surface area contributed by atoms with E-state index in [1.165, 1.54) is 30.7 Å². The average Bonchev–Trinajstić information content (AvgIpc) is 4.04. The van der Waals surface area contributed by atoms with E-state index < -0.39 is 133 Å². The molecular weight excluding hydrogens is 992 g/mol. The number of rotatable bonds is 16. The predicted molar refractivity (Wildman–Crippen MR) is 277 cm³/mol. The summed E-state index contributed by atoms with van der Waals surface area (Å²) in [5.74, 6) is -2.91. The molecular formula is C54H89FN6O15. The lowest BCUT2D eigenvalue weighted by molar-refractivity contribution is -0.318. The van der Waals surface area contributed by atoms with Gasteiger partial charge in [-0.05, 0) is 105 Å². The zero-order valence-corrected chi connectivity index (χ0v) is 47.2. The van der Waals surface area contributed by atoms with Crippen LogP contribution in [0.15, 0.2) is 30.5 Å². The minimum atomic E-state index is -1.86. The molecule has 4 aliphatic heterocycles. The second-order valence-corrected chi connectivity index (χ2v) is 22.9. The summed E-state index contributed by atoms with van der Waals surface area (Å²) in [6.45, 7) is 18.1. The van der Waals surface area contributed by atoms with Gasteiger partial charge < -0.3 is 73.2 Å². The van der Waals surface area contributed by atoms with E-state index >= 15 is 0 Å². The third-order valence-corrected chi connectivity index (χ3v) is 16.8. The van der Waals surface area contributed by atoms with E-state index in [0.717, 1.165) is 0 Å². The molecule has 0 bridgehead atoms. The summed E-state index contributed by atoms with van der Waals surface area (Å²) in [6.07, 6.45) is -8.68. The molecule has 1 amide bonds. The van der Waals surface area contributed by atoms with Crippen LogP contribution >= 0.6 is 0 Å². The van der Waals surface area contributed by atoms with Crippen LogP contribution in [0.3, 0.4) is 0 Å². The van der Waals surface area contributed by atoms with Gasteiger partial charge in [-0.15, -0.1) is 5.10 Å². The first-order valence-corrected chi connectivity index (χ1v) is 27.0. The number of cyclic esters (lactones) is 2. The van der Waals surface area contributed by atoms with E-state index in [4.69, 9.17) is 37.9 Å². The van der Waals surface area contributed by atoms with Crippen molar-refractivity contribution in [1.82, 2.24) is 24.8 Å². The summed E-state index contributed by atoms with van der Waals surface area (Å²) in [4.78, 5) is 32.0. The van der Waals surface area contributed by atoms with E-state index in [-0.39, 0.29) is 25.2 Å². The quantitative estimate of drug-likeness (QED) is 0.149. The van der Waals surface area contributed by atoms with Crippen LogP contribution in [0.1, 0.15) is 118 Å². The number of carbonyl (C=O) groups excluding carboxylic acids is 2. The summed E-state index contributed by atoms with van der Waals surface area (Å²) in [6, 6.07) is 5.15. The smallest absolute Gasteiger partial charge is 0.414 e. The maximum absolute atomic E-state index is 14.9. The fraction of sp³-hybridized carbons (Fsp3) is 0.815. The van der Waals surface area contributed by atoms with Gasteiger partial charge in [0.05, 0.1) is 53.8 Å². The Labute approximate surface area is 448 Å². The van der Waals surface area contributed by atoms with Gasteiger partial charge in [0.15, 0.2) is 12.6 Å². The first-order valence-electron chi connectivity index (χ1n) is 27.0. The molecule has 0 unspecified atom stereocenters. The molecule has 2 aromatic rings. The number of anilines is 1. The number of aliphatic hydroxyl groups excluding tert-OH is 3. The highest BCUT2D eigenvalue weighted by Crippen LogP contribution is 2.41. The number of halogens is 1. The second-order valence-electron chi connectivity index (χ2n) is 22.9. The standard InChI is InChI=1S/C54H89FN6O15/c1-15-41-54(10,68)46(63)34(6)59(12)28-30(2)25-52(8,67)48(32(4)44(33(5)49(65)74-41)75-42-26-53(9,70-14)47(64)35(7)73-42)76-50-43(62)39(24-31(3)72-50)58(11)21-20-37-29-61(57-56-37)40(27-55)45(69-13)36-16-18-38(19-17-36)60-22-23-71-51(60)66/h16-19,29-35,39-48,50,62-64,67-68H,15,20-28H2,1-14H3/t30-,31-,32+,33-,34-,35+,39+,40-,41-,42+,43-,44+,45-,46-,47+,48-,50+,52-,53-,54-/m1/s1. The molecule has 1 aromatic heterocycles. The number of ether oxygens (including phenoxy) is 8. The number of alkyl halides is 1. The lowest BCUT2D eigenvalue weighted by Crippen LogP contribution is -2.61. The van der Waals surface area contributed by atoms with Crippen LogP contribution in [0.4, 0.5) is 14.9 Å². The fourth-order valence-electron chi connectivity index (χ4n) is 12.0. The number of methoxy groups -OCH3 is 2. The van der Waals surface area contributed by atoms with Gasteiger partial charge >= 0.3 is 12.1 Å². The fourth-order valence-corrected chi connectivity index (χ4v) is 12.0. The van der Waals surface area contributed by atoms with Crippen LogP contribution in [0.25, 0.3) is 0 Å². The molecule has 5 N–H and O–H groups in total. The molecule has 21 nitrogen and oxygen atoms in total. The maximum Gasteiger partial charge on any atom is 0.414 e. The zero-order valence-electron chi connectivity index (χ0n) is 47.2. The van der Waals surface area contributed by atoms with Crippen LogP contribution < -0.4 is 4.90 Å². The van der Waals surface area contributed by atoms with Gasteiger partial charge in [0.25, 0.3) is 0 Å². The highest BCUT2D eigenvalue weighted by molar-refractivity contribution is 5.89. The average molecular weight is 1080 g/mol. The van der Waals surface area contributed by atoms with E-state index in [2.05, 4.69) is 10.3 Å². The molecule has 1 aromatic carbocycles. The minimum absolute atomic E-state index is 0.0765. The number of carbonyl (C=O) groups is 2. The largest absolute Gasteiger partial charge is 0.459 e. The number of aliphatic hydroxyl groups is 5. The molecule has 5 heterocycles. The van der Waals surface area contributed by atoms with Crippen molar-refractivity contribution in [3.05, 3.63) is 41.7 Å². The number of hydrogen-bond donors (Lipinski definition) is 5. The third-order valence-electron chi connectivity index (χ3n) is 16.8. The van der Waals surface area contributed by atoms with Crippen LogP contribution in [-0.2, 0) is 49.1 Å². The molecule has 0 saturated carbocycles. The van der Waals surface area contributed by atoms with Crippen molar-refractivity contribution in [2.24, 2.45) is 17.8 Å². The zero-order chi connectivity index (χ0) is 56.2. The molecule has 22 heteroatoms. The topological polar surface area (TPSA) is 250 Å². The van der Waals surface area contributed by atoms with Crippen LogP contribution in [0.2, 0.25) is 0 Å². The van der Waals surface area contributed by atoms with Gasteiger partial charge in [0.1, 0.15) is 55.4 Å². The summed E-state index contributed by atoms with van der Waals surface area (Å²) in [7, 11) is 6.68. The Balaban J connectivity index is 1.25. The number of amides is 1. The van der Waals surface area contributed by atoms with Crippen LogP contribution in [0.5, 0.6) is 0 Å². The summed E-state index contributed by atoms with van der Waals surface area (Å²) < 4.78 is 65.5. The van der Waals surface area contributed by atoms with Gasteiger partial charge in [-0.1, -0.05) is 38.1 Å². The Kier molecular flexibility index (Phi) is 20.9. The first kappa shape index (κ1) is 61.7. The van der Waals surface area contributed by atoms with Gasteiger partial charge in [0, 0.05) is 70.0 Å². The van der Waals surface area contributed by atoms with Crippen molar-refractivity contribution in [1.29, 1.82) is 0 Å². The van der Waals surface area contributed by atoms with Gasteiger partial charge in [-0.25, -0.2) is 13.9 Å². The monoisotopic (exact) mass is 1080 g/mol. The molecule has 0 aliphatic carbocycles. The number of aromatic nitrogens is 3. The Morgan fingerprint density at radius 1 is 0.961 bits per heavy atom. The Hall–Kier alpha value is -3.49. The van der Waals surface area contributed by atoms with Crippen molar-refractivity contribution in [2.75, 3.05) is 66.1 Å². The molecule has 0 spiro atoms. The second kappa shape index (κ2) is 25.7. The van der Waals surface area contributed by atoms with Gasteiger partial charge in [0.2, 0.25) is 0 Å². The van der Waals surface area contributed by atoms with Gasteiger partial charge in [-0.3, -0.25) is 9.69 Å². The van der Waals surface area contributed by atoms with Crippen molar-refractivity contribution >= 4 is 17.7 Å². The summed E-state index contributed by atoms with van der Waals surface area (Å²) in [5, 5.41) is 68.5. The Bertz CT molecular complexity index is 2180. The predicted octanol–water partition coefficient (Wildman–Crippen LogP) is 3.96. The summed E-state index contributed by atoms with van der Waals surface area (Å²) >= 11 is 0. The van der Waals surface area contributed by atoms with E-state index in [0.29, 0.717) is 56.0 Å². The van der Waals surface area contributed by atoms with E-state index in [1.807, 2.05) is 37.7 Å². The molecule has 6 rings (SSSR count). The number of nitrogens with zero attached hydrogens (tertiary/aromatic N) is 6. The Morgan fingerprint density at radius 2 is 1.64 bits per heavy atom. The van der Waals surface area contributed by atoms with E-state index in [9.17, 15) is 39.5 Å². The molecule has 4 saturated heterocycles. The maximum atomic E-state index is 14.9. The Morgan fingerprint density at radius 3 is 2.25 bits per heavy atom. The molecule has 4 fully saturated rings. The number of hydrogen-bond acceptors (Lipinski definition) is 19. The third kappa shape index (κ3) is 13.7. The summed E-state index contributed by atoms with van der Waals surface area (Å²) in [5.41, 5.74) is -2.69. The molecule has 0 radical (unpaired) electrons. The van der Waals surface area contributed by atoms with E-state index in [1.54, 1.807) is 78.9 Å². The van der Waals surface area contributed by atoms with Crippen molar-refractivity contribution in [3.63, 3.8) is 0 Å². The number of esters is 1. The highest BCUT2D eigenvalue weighted by Gasteiger charge is 2.53. The van der Waals surface area contributed by atoms with Crippen LogP contribution in [-0.4, -0.2) is 214 Å². The highest BCUT2D eigenvalue weighted by atomic mass is 19.1. The number of likely N-dealkylation sites (N-methyl/N-ethyl adjacent to an activating group) is 2. The van der Waals surface area contributed by atoms with Crippen molar-refractivity contribution in [3.8, 4) is 0 Å². The lowest BCUT2D eigenvalue weighted by atomic mass is 9.77.